The van der Waals surface area contributed by atoms with Gasteiger partial charge in [0.1, 0.15) is 11.4 Å². The molecule has 0 saturated carbocycles. The van der Waals surface area contributed by atoms with E-state index in [4.69, 9.17) is 0 Å². The number of hydrogen-bond acceptors (Lipinski definition) is 3. The van der Waals surface area contributed by atoms with Gasteiger partial charge in [-0.15, -0.1) is 0 Å². The minimum absolute atomic E-state index is 0.247. The first-order valence-electron chi connectivity index (χ1n) is 7.38. The lowest BCUT2D eigenvalue weighted by Gasteiger charge is -2.19. The molecular weight excluding hydrogens is 321 g/mol. The molecule has 0 aliphatic rings. The van der Waals surface area contributed by atoms with Crippen molar-refractivity contribution < 1.29 is 18.0 Å². The summed E-state index contributed by atoms with van der Waals surface area (Å²) in [7, 11) is 0. The average Bonchev–Trinajstić information content (AvgIpc) is 2.96. The molecule has 130 valence electrons. The second-order valence-electron chi connectivity index (χ2n) is 6.49. The van der Waals surface area contributed by atoms with Crippen molar-refractivity contribution in [2.24, 2.45) is 0 Å². The zero-order valence-corrected chi connectivity index (χ0v) is 13.8. The summed E-state index contributed by atoms with van der Waals surface area (Å²) in [5.41, 5.74) is -0.487. The summed E-state index contributed by atoms with van der Waals surface area (Å²) in [6, 6.07) is 3.30. The third-order valence-electron chi connectivity index (χ3n) is 3.43. The van der Waals surface area contributed by atoms with Crippen LogP contribution in [0.4, 0.5) is 13.2 Å². The van der Waals surface area contributed by atoms with Gasteiger partial charge >= 0.3 is 6.18 Å². The van der Waals surface area contributed by atoms with Gasteiger partial charge in [-0.2, -0.15) is 18.3 Å². The number of nitrogens with one attached hydrogen (secondary N) is 1. The van der Waals surface area contributed by atoms with Crippen molar-refractivity contribution in [3.8, 4) is 0 Å². The van der Waals surface area contributed by atoms with Crippen LogP contribution in [0, 0.1) is 0 Å². The van der Waals surface area contributed by atoms with Gasteiger partial charge in [0, 0.05) is 12.4 Å². The average molecular weight is 340 g/mol. The van der Waals surface area contributed by atoms with E-state index >= 15 is 0 Å². The summed E-state index contributed by atoms with van der Waals surface area (Å²) >= 11 is 0. The third-order valence-corrected chi connectivity index (χ3v) is 3.43. The van der Waals surface area contributed by atoms with Crippen LogP contribution in [0.25, 0.3) is 0 Å². The standard InChI is InChI=1S/C16H19F3N4O/c1-10(11-5-6-13(20-9-11)16(17,18)19)21-14(24)12-7-8-23(22-12)15(2,3)4/h5-10H,1-4H3,(H,21,24)/t10-/m1/s1. The third kappa shape index (κ3) is 4.12. The number of carbonyl (C=O) groups excluding carboxylic acids is 1. The molecule has 0 unspecified atom stereocenters. The molecule has 0 saturated heterocycles. The Kier molecular flexibility index (Phi) is 4.68. The van der Waals surface area contributed by atoms with E-state index in [0.29, 0.717) is 5.56 Å². The molecule has 8 heteroatoms. The first kappa shape index (κ1) is 18.0. The molecule has 1 amide bonds. The lowest BCUT2D eigenvalue weighted by molar-refractivity contribution is -0.141. The predicted octanol–water partition coefficient (Wildman–Crippen LogP) is 3.54. The van der Waals surface area contributed by atoms with Crippen LogP contribution < -0.4 is 5.32 Å². The Bertz CT molecular complexity index is 714. The van der Waals surface area contributed by atoms with Crippen LogP contribution in [0.5, 0.6) is 0 Å². The van der Waals surface area contributed by atoms with E-state index < -0.39 is 23.8 Å². The van der Waals surface area contributed by atoms with Crippen LogP contribution >= 0.6 is 0 Å². The molecule has 2 heterocycles. The van der Waals surface area contributed by atoms with E-state index in [9.17, 15) is 18.0 Å². The second-order valence-corrected chi connectivity index (χ2v) is 6.49. The van der Waals surface area contributed by atoms with Gasteiger partial charge in [-0.25, -0.2) is 0 Å². The smallest absolute Gasteiger partial charge is 0.344 e. The highest BCUT2D eigenvalue weighted by Gasteiger charge is 2.32. The van der Waals surface area contributed by atoms with E-state index in [0.717, 1.165) is 12.3 Å². The minimum atomic E-state index is -4.48. The van der Waals surface area contributed by atoms with Gasteiger partial charge in [-0.05, 0) is 45.4 Å². The molecule has 1 N–H and O–H groups in total. The maximum Gasteiger partial charge on any atom is 0.433 e. The highest BCUT2D eigenvalue weighted by Crippen LogP contribution is 2.27. The van der Waals surface area contributed by atoms with Crippen molar-refractivity contribution in [1.82, 2.24) is 20.1 Å². The predicted molar refractivity (Wildman–Crippen MR) is 82.3 cm³/mol. The van der Waals surface area contributed by atoms with Gasteiger partial charge in [0.15, 0.2) is 0 Å². The Morgan fingerprint density at radius 2 is 1.88 bits per heavy atom. The van der Waals surface area contributed by atoms with Gasteiger partial charge in [-0.1, -0.05) is 6.07 Å². The van der Waals surface area contributed by atoms with E-state index in [1.807, 2.05) is 20.8 Å². The van der Waals surface area contributed by atoms with Crippen molar-refractivity contribution in [3.63, 3.8) is 0 Å². The molecule has 24 heavy (non-hydrogen) atoms. The Morgan fingerprint density at radius 1 is 1.21 bits per heavy atom. The van der Waals surface area contributed by atoms with Crippen LogP contribution in [0.3, 0.4) is 0 Å². The summed E-state index contributed by atoms with van der Waals surface area (Å²) in [6.07, 6.45) is -1.66. The fourth-order valence-electron chi connectivity index (χ4n) is 2.00. The second kappa shape index (κ2) is 6.26. The van der Waals surface area contributed by atoms with Gasteiger partial charge < -0.3 is 5.32 Å². The summed E-state index contributed by atoms with van der Waals surface area (Å²) in [5, 5.41) is 6.91. The Hall–Kier alpha value is -2.38. The lowest BCUT2D eigenvalue weighted by Crippen LogP contribution is -2.28. The Labute approximate surface area is 137 Å². The fraction of sp³-hybridized carbons (Fsp3) is 0.438. The number of pyridine rings is 1. The molecule has 0 aromatic carbocycles. The normalized spacial score (nSPS) is 13.6. The molecular formula is C16H19F3N4O. The maximum atomic E-state index is 12.5. The molecule has 2 aromatic rings. The first-order valence-corrected chi connectivity index (χ1v) is 7.38. The molecule has 0 aliphatic carbocycles. The number of aromatic nitrogens is 3. The van der Waals surface area contributed by atoms with Gasteiger partial charge in [-0.3, -0.25) is 14.5 Å². The number of carbonyl (C=O) groups is 1. The molecule has 0 fully saturated rings. The fourth-order valence-corrected chi connectivity index (χ4v) is 2.00. The lowest BCUT2D eigenvalue weighted by atomic mass is 10.1. The molecule has 5 nitrogen and oxygen atoms in total. The van der Waals surface area contributed by atoms with Crippen molar-refractivity contribution >= 4 is 5.91 Å². The number of alkyl halides is 3. The molecule has 2 rings (SSSR count). The number of amides is 1. The van der Waals surface area contributed by atoms with E-state index in [1.165, 1.54) is 6.07 Å². The van der Waals surface area contributed by atoms with Crippen LogP contribution in [-0.4, -0.2) is 20.7 Å². The number of hydrogen-bond donors (Lipinski definition) is 1. The first-order chi connectivity index (χ1) is 11.0. The topological polar surface area (TPSA) is 59.8 Å². The molecule has 1 atom stereocenters. The van der Waals surface area contributed by atoms with E-state index in [1.54, 1.807) is 23.9 Å². The van der Waals surface area contributed by atoms with Crippen molar-refractivity contribution in [1.29, 1.82) is 0 Å². The molecule has 0 aliphatic heterocycles. The summed E-state index contributed by atoms with van der Waals surface area (Å²) in [4.78, 5) is 15.6. The Balaban J connectivity index is 2.07. The monoisotopic (exact) mass is 340 g/mol. The SMILES string of the molecule is C[C@@H](NC(=O)c1ccn(C(C)(C)C)n1)c1ccc(C(F)(F)F)nc1. The van der Waals surface area contributed by atoms with Crippen molar-refractivity contribution in [2.45, 2.75) is 45.5 Å². The number of halogens is 3. The van der Waals surface area contributed by atoms with Gasteiger partial charge in [0.2, 0.25) is 0 Å². The van der Waals surface area contributed by atoms with Crippen LogP contribution in [0.2, 0.25) is 0 Å². The quantitative estimate of drug-likeness (QED) is 0.930. The molecule has 0 radical (unpaired) electrons. The van der Waals surface area contributed by atoms with Crippen LogP contribution in [0.1, 0.15) is 55.5 Å². The zero-order chi connectivity index (χ0) is 18.1. The summed E-state index contributed by atoms with van der Waals surface area (Å²) in [6.45, 7) is 7.54. The minimum Gasteiger partial charge on any atom is -0.344 e. The molecule has 0 spiro atoms. The van der Waals surface area contributed by atoms with Gasteiger partial charge in [0.25, 0.3) is 5.91 Å². The summed E-state index contributed by atoms with van der Waals surface area (Å²) < 4.78 is 39.2. The summed E-state index contributed by atoms with van der Waals surface area (Å²) in [5.74, 6) is -0.398. The maximum absolute atomic E-state index is 12.5. The molecule has 0 bridgehead atoms. The largest absolute Gasteiger partial charge is 0.433 e. The van der Waals surface area contributed by atoms with Crippen molar-refractivity contribution in [2.75, 3.05) is 0 Å². The highest BCUT2D eigenvalue weighted by molar-refractivity contribution is 5.92. The number of rotatable bonds is 3. The molecule has 2 aromatic heterocycles. The van der Waals surface area contributed by atoms with E-state index in [2.05, 4.69) is 15.4 Å². The highest BCUT2D eigenvalue weighted by atomic mass is 19.4. The van der Waals surface area contributed by atoms with Crippen LogP contribution in [0.15, 0.2) is 30.6 Å². The van der Waals surface area contributed by atoms with Crippen LogP contribution in [-0.2, 0) is 11.7 Å². The zero-order valence-electron chi connectivity index (χ0n) is 13.8. The van der Waals surface area contributed by atoms with Gasteiger partial charge in [0.05, 0.1) is 11.6 Å². The number of nitrogens with zero attached hydrogens (tertiary/aromatic N) is 3. The Morgan fingerprint density at radius 3 is 2.33 bits per heavy atom. The van der Waals surface area contributed by atoms with E-state index in [-0.39, 0.29) is 11.2 Å². The van der Waals surface area contributed by atoms with Crippen molar-refractivity contribution in [3.05, 3.63) is 47.5 Å².